The maximum absolute atomic E-state index is 8.86. The number of hydrogen-bond donors (Lipinski definition) is 1. The molecule has 0 saturated carbocycles. The normalized spacial score (nSPS) is 11.9. The quantitative estimate of drug-likeness (QED) is 0.909. The van der Waals surface area contributed by atoms with Crippen molar-refractivity contribution in [2.75, 3.05) is 5.32 Å². The lowest BCUT2D eigenvalue weighted by molar-refractivity contribution is 0.871. The van der Waals surface area contributed by atoms with Gasteiger partial charge in [-0.3, -0.25) is 0 Å². The summed E-state index contributed by atoms with van der Waals surface area (Å²) in [6.45, 7) is 6.35. The first-order valence-electron chi connectivity index (χ1n) is 5.80. The second-order valence-corrected chi connectivity index (χ2v) is 5.74. The van der Waals surface area contributed by atoms with Crippen molar-refractivity contribution in [2.24, 2.45) is 0 Å². The van der Waals surface area contributed by atoms with E-state index >= 15 is 0 Å². The summed E-state index contributed by atoms with van der Waals surface area (Å²) in [6.07, 6.45) is 1.65. The summed E-state index contributed by atoms with van der Waals surface area (Å²) < 4.78 is 0. The van der Waals surface area contributed by atoms with Crippen molar-refractivity contribution in [2.45, 2.75) is 26.8 Å². The van der Waals surface area contributed by atoms with Crippen LogP contribution in [0.4, 0.5) is 5.82 Å². The van der Waals surface area contributed by atoms with Crippen molar-refractivity contribution in [1.29, 1.82) is 5.26 Å². The molecule has 18 heavy (non-hydrogen) atoms. The van der Waals surface area contributed by atoms with Gasteiger partial charge < -0.3 is 5.32 Å². The third kappa shape index (κ3) is 2.69. The predicted molar refractivity (Wildman–Crippen MR) is 74.8 cm³/mol. The molecule has 4 heteroatoms. The van der Waals surface area contributed by atoms with E-state index in [1.165, 1.54) is 15.3 Å². The van der Waals surface area contributed by atoms with Gasteiger partial charge >= 0.3 is 0 Å². The Morgan fingerprint density at radius 3 is 2.78 bits per heavy atom. The van der Waals surface area contributed by atoms with Gasteiger partial charge in [-0.15, -0.1) is 11.3 Å². The van der Waals surface area contributed by atoms with Gasteiger partial charge in [-0.25, -0.2) is 4.98 Å². The van der Waals surface area contributed by atoms with Crippen LogP contribution in [0.5, 0.6) is 0 Å². The molecule has 2 aromatic heterocycles. The molecule has 92 valence electrons. The molecule has 2 heterocycles. The van der Waals surface area contributed by atoms with Crippen LogP contribution < -0.4 is 5.32 Å². The molecule has 2 rings (SSSR count). The first kappa shape index (κ1) is 12.6. The van der Waals surface area contributed by atoms with Crippen LogP contribution in [0.15, 0.2) is 24.4 Å². The molecule has 0 saturated heterocycles. The molecule has 0 aromatic carbocycles. The zero-order valence-electron chi connectivity index (χ0n) is 10.7. The monoisotopic (exact) mass is 257 g/mol. The van der Waals surface area contributed by atoms with Crippen LogP contribution in [-0.2, 0) is 0 Å². The number of nitrogens with one attached hydrogen (secondary N) is 1. The first-order valence-corrected chi connectivity index (χ1v) is 6.61. The van der Waals surface area contributed by atoms with Gasteiger partial charge in [0, 0.05) is 16.0 Å². The van der Waals surface area contributed by atoms with Crippen molar-refractivity contribution < 1.29 is 0 Å². The molecule has 0 aliphatic rings. The summed E-state index contributed by atoms with van der Waals surface area (Å²) in [5.41, 5.74) is 1.92. The van der Waals surface area contributed by atoms with Gasteiger partial charge in [0.1, 0.15) is 5.82 Å². The molecule has 1 unspecified atom stereocenters. The van der Waals surface area contributed by atoms with Gasteiger partial charge in [0.25, 0.3) is 0 Å². The smallest absolute Gasteiger partial charge is 0.127 e. The van der Waals surface area contributed by atoms with Crippen LogP contribution in [0.1, 0.15) is 33.8 Å². The third-order valence-electron chi connectivity index (χ3n) is 2.80. The van der Waals surface area contributed by atoms with E-state index in [-0.39, 0.29) is 6.04 Å². The van der Waals surface area contributed by atoms with Gasteiger partial charge in [0.15, 0.2) is 0 Å². The number of aromatic nitrogens is 1. The average Bonchev–Trinajstić information content (AvgIpc) is 2.69. The van der Waals surface area contributed by atoms with E-state index in [1.807, 2.05) is 0 Å². The highest BCUT2D eigenvalue weighted by Gasteiger charge is 2.11. The Balaban J connectivity index is 2.18. The summed E-state index contributed by atoms with van der Waals surface area (Å²) in [4.78, 5) is 6.87. The fourth-order valence-electron chi connectivity index (χ4n) is 1.96. The van der Waals surface area contributed by atoms with E-state index in [1.54, 1.807) is 29.7 Å². The van der Waals surface area contributed by atoms with Gasteiger partial charge in [-0.2, -0.15) is 5.26 Å². The van der Waals surface area contributed by atoms with Crippen LogP contribution in [-0.4, -0.2) is 4.98 Å². The zero-order valence-corrected chi connectivity index (χ0v) is 11.5. The Kier molecular flexibility index (Phi) is 3.63. The van der Waals surface area contributed by atoms with Crippen LogP contribution in [0.2, 0.25) is 0 Å². The largest absolute Gasteiger partial charge is 0.363 e. The molecule has 3 nitrogen and oxygen atoms in total. The van der Waals surface area contributed by atoms with Crippen molar-refractivity contribution in [3.8, 4) is 6.07 Å². The molecule has 0 bridgehead atoms. The van der Waals surface area contributed by atoms with E-state index in [4.69, 9.17) is 5.26 Å². The predicted octanol–water partition coefficient (Wildman–Crippen LogP) is 3.80. The molecule has 1 atom stereocenters. The van der Waals surface area contributed by atoms with E-state index in [0.29, 0.717) is 5.56 Å². The third-order valence-corrected chi connectivity index (χ3v) is 3.78. The number of pyridine rings is 1. The summed E-state index contributed by atoms with van der Waals surface area (Å²) in [5.74, 6) is 0.741. The molecular weight excluding hydrogens is 242 g/mol. The molecule has 0 aliphatic carbocycles. The lowest BCUT2D eigenvalue weighted by Gasteiger charge is -2.14. The maximum Gasteiger partial charge on any atom is 0.127 e. The second kappa shape index (κ2) is 5.19. The van der Waals surface area contributed by atoms with Crippen molar-refractivity contribution >= 4 is 17.2 Å². The molecule has 0 fully saturated rings. The minimum absolute atomic E-state index is 0.191. The van der Waals surface area contributed by atoms with E-state index in [2.05, 4.69) is 43.2 Å². The first-order chi connectivity index (χ1) is 8.60. The number of nitriles is 1. The van der Waals surface area contributed by atoms with Crippen molar-refractivity contribution in [3.63, 3.8) is 0 Å². The molecule has 0 amide bonds. The molecule has 1 N–H and O–H groups in total. The lowest BCUT2D eigenvalue weighted by Crippen LogP contribution is -2.08. The SMILES string of the molecule is Cc1cc(C(C)Nc2cc(C#N)ccn2)c(C)s1. The molecule has 2 aromatic rings. The zero-order chi connectivity index (χ0) is 13.1. The summed E-state index contributed by atoms with van der Waals surface area (Å²) in [7, 11) is 0. The highest BCUT2D eigenvalue weighted by molar-refractivity contribution is 7.12. The van der Waals surface area contributed by atoms with Crippen LogP contribution in [0, 0.1) is 25.2 Å². The molecule has 0 radical (unpaired) electrons. The Morgan fingerprint density at radius 1 is 1.39 bits per heavy atom. The van der Waals surface area contributed by atoms with Gasteiger partial charge in [-0.05, 0) is 44.5 Å². The van der Waals surface area contributed by atoms with Crippen molar-refractivity contribution in [3.05, 3.63) is 45.3 Å². The topological polar surface area (TPSA) is 48.7 Å². The maximum atomic E-state index is 8.86. The fraction of sp³-hybridized carbons (Fsp3) is 0.286. The Morgan fingerprint density at radius 2 is 2.17 bits per heavy atom. The Hall–Kier alpha value is -1.86. The molecular formula is C14H15N3S. The summed E-state index contributed by atoms with van der Waals surface area (Å²) in [5, 5.41) is 12.2. The highest BCUT2D eigenvalue weighted by Crippen LogP contribution is 2.28. The molecule has 0 spiro atoms. The Labute approximate surface area is 111 Å². The van der Waals surface area contributed by atoms with E-state index in [9.17, 15) is 0 Å². The van der Waals surface area contributed by atoms with Crippen LogP contribution in [0.3, 0.4) is 0 Å². The summed E-state index contributed by atoms with van der Waals surface area (Å²) >= 11 is 1.80. The lowest BCUT2D eigenvalue weighted by atomic mass is 10.1. The Bertz CT molecular complexity index is 595. The van der Waals surface area contributed by atoms with E-state index in [0.717, 1.165) is 5.82 Å². The number of hydrogen-bond acceptors (Lipinski definition) is 4. The highest BCUT2D eigenvalue weighted by atomic mass is 32.1. The van der Waals surface area contributed by atoms with E-state index < -0.39 is 0 Å². The number of aryl methyl sites for hydroxylation is 2. The van der Waals surface area contributed by atoms with Gasteiger partial charge in [-0.1, -0.05) is 0 Å². The van der Waals surface area contributed by atoms with Crippen LogP contribution in [0.25, 0.3) is 0 Å². The van der Waals surface area contributed by atoms with Gasteiger partial charge in [0.05, 0.1) is 17.7 Å². The standard InChI is InChI=1S/C14H15N3S/c1-9-6-13(11(3)18-9)10(2)17-14-7-12(8-15)4-5-16-14/h4-7,10H,1-3H3,(H,16,17). The number of nitrogens with zero attached hydrogens (tertiary/aromatic N) is 2. The minimum atomic E-state index is 0.191. The summed E-state index contributed by atoms with van der Waals surface area (Å²) in [6, 6.07) is 7.98. The van der Waals surface area contributed by atoms with Gasteiger partial charge in [0.2, 0.25) is 0 Å². The second-order valence-electron chi connectivity index (χ2n) is 4.28. The van der Waals surface area contributed by atoms with Crippen LogP contribution >= 0.6 is 11.3 Å². The average molecular weight is 257 g/mol. The minimum Gasteiger partial charge on any atom is -0.363 e. The molecule has 0 aliphatic heterocycles. The fourth-order valence-corrected chi connectivity index (χ4v) is 2.98. The number of thiophene rings is 1. The van der Waals surface area contributed by atoms with Crippen molar-refractivity contribution in [1.82, 2.24) is 4.98 Å². The number of anilines is 1. The number of rotatable bonds is 3.